The summed E-state index contributed by atoms with van der Waals surface area (Å²) < 4.78 is 18.7. The number of amides is 1. The van der Waals surface area contributed by atoms with Crippen LogP contribution in [-0.2, 0) is 0 Å². The van der Waals surface area contributed by atoms with Crippen molar-refractivity contribution in [1.82, 2.24) is 9.97 Å². The van der Waals surface area contributed by atoms with Crippen LogP contribution in [0.15, 0.2) is 30.5 Å². The van der Waals surface area contributed by atoms with Crippen molar-refractivity contribution in [3.05, 3.63) is 47.7 Å². The Kier molecular flexibility index (Phi) is 5.30. The van der Waals surface area contributed by atoms with Gasteiger partial charge >= 0.3 is 0 Å². The fourth-order valence-electron chi connectivity index (χ4n) is 2.43. The molecule has 0 aromatic carbocycles. The number of pyridine rings is 2. The number of hydrogen-bond acceptors (Lipinski definition) is 5. The van der Waals surface area contributed by atoms with E-state index in [2.05, 4.69) is 15.3 Å². The van der Waals surface area contributed by atoms with E-state index in [4.69, 9.17) is 4.74 Å². The Balaban J connectivity index is 1.67. The second-order valence-corrected chi connectivity index (χ2v) is 7.00. The molecule has 3 rings (SSSR count). The van der Waals surface area contributed by atoms with E-state index in [9.17, 15) is 9.18 Å². The highest BCUT2D eigenvalue weighted by atomic mass is 32.2. The first-order chi connectivity index (χ1) is 11.6. The van der Waals surface area contributed by atoms with Gasteiger partial charge in [0.15, 0.2) is 0 Å². The summed E-state index contributed by atoms with van der Waals surface area (Å²) in [6.07, 6.45) is 3.44. The summed E-state index contributed by atoms with van der Waals surface area (Å²) in [4.78, 5) is 20.3. The van der Waals surface area contributed by atoms with Crippen molar-refractivity contribution in [2.24, 2.45) is 0 Å². The molecule has 2 aromatic rings. The van der Waals surface area contributed by atoms with E-state index in [0.717, 1.165) is 12.6 Å². The van der Waals surface area contributed by atoms with Crippen LogP contribution in [0, 0.1) is 12.7 Å². The molecule has 0 aliphatic carbocycles. The normalized spacial score (nSPS) is 16.8. The van der Waals surface area contributed by atoms with E-state index in [1.54, 1.807) is 6.07 Å². The van der Waals surface area contributed by atoms with Crippen LogP contribution < -0.4 is 10.1 Å². The monoisotopic (exact) mass is 347 g/mol. The van der Waals surface area contributed by atoms with Gasteiger partial charge in [-0.05, 0) is 37.7 Å². The predicted molar refractivity (Wildman–Crippen MR) is 92.1 cm³/mol. The molecule has 126 valence electrons. The van der Waals surface area contributed by atoms with Gasteiger partial charge in [-0.15, -0.1) is 0 Å². The minimum absolute atomic E-state index is 0.246. The maximum Gasteiger partial charge on any atom is 0.275 e. The van der Waals surface area contributed by atoms with Gasteiger partial charge in [-0.1, -0.05) is 0 Å². The summed E-state index contributed by atoms with van der Waals surface area (Å²) in [5.41, 5.74) is 0.944. The Bertz CT molecular complexity index is 718. The van der Waals surface area contributed by atoms with E-state index in [0.29, 0.717) is 23.3 Å². The van der Waals surface area contributed by atoms with Crippen LogP contribution in [0.5, 0.6) is 5.75 Å². The number of rotatable bonds is 5. The van der Waals surface area contributed by atoms with Crippen molar-refractivity contribution in [2.45, 2.75) is 25.0 Å². The van der Waals surface area contributed by atoms with Gasteiger partial charge in [0.25, 0.3) is 5.91 Å². The maximum atomic E-state index is 12.9. The van der Waals surface area contributed by atoms with Gasteiger partial charge in [-0.2, -0.15) is 11.8 Å². The quantitative estimate of drug-likeness (QED) is 0.897. The minimum Gasteiger partial charge on any atom is -0.492 e. The Morgan fingerprint density at radius 3 is 3.04 bits per heavy atom. The minimum atomic E-state index is -0.456. The molecule has 1 N–H and O–H groups in total. The van der Waals surface area contributed by atoms with Gasteiger partial charge < -0.3 is 10.1 Å². The molecule has 0 spiro atoms. The van der Waals surface area contributed by atoms with Crippen molar-refractivity contribution >= 4 is 23.5 Å². The summed E-state index contributed by atoms with van der Waals surface area (Å²) in [6.45, 7) is 2.44. The number of aryl methyl sites for hydroxylation is 1. The van der Waals surface area contributed by atoms with Crippen molar-refractivity contribution in [2.75, 3.05) is 17.7 Å². The summed E-state index contributed by atoms with van der Waals surface area (Å²) in [6, 6.07) is 6.07. The second kappa shape index (κ2) is 7.61. The molecular formula is C17H18FN3O2S. The lowest BCUT2D eigenvalue weighted by atomic mass is 10.2. The second-order valence-electron chi connectivity index (χ2n) is 5.59. The zero-order chi connectivity index (χ0) is 16.9. The summed E-state index contributed by atoms with van der Waals surface area (Å²) in [7, 11) is 0. The molecule has 1 fully saturated rings. The van der Waals surface area contributed by atoms with Crippen molar-refractivity contribution < 1.29 is 13.9 Å². The largest absolute Gasteiger partial charge is 0.492 e. The average Bonchev–Trinajstić information content (AvgIpc) is 3.08. The van der Waals surface area contributed by atoms with Crippen LogP contribution in [0.1, 0.15) is 29.0 Å². The third-order valence-corrected chi connectivity index (χ3v) is 4.96. The topological polar surface area (TPSA) is 64.1 Å². The molecule has 0 radical (unpaired) electrons. The molecule has 1 atom stereocenters. The van der Waals surface area contributed by atoms with Crippen LogP contribution in [0.4, 0.5) is 10.2 Å². The SMILES string of the molecule is Cc1cc(OCC2CCCS2)cc(C(=O)Nc2ccc(F)cn2)n1. The standard InChI is InChI=1S/C17H18FN3O2S/c1-11-7-13(23-10-14-3-2-6-24-14)8-15(20-11)17(22)21-16-5-4-12(18)9-19-16/h4-5,7-9,14H,2-3,6,10H2,1H3,(H,19,21,22). The molecule has 7 heteroatoms. The zero-order valence-corrected chi connectivity index (χ0v) is 14.1. The highest BCUT2D eigenvalue weighted by Gasteiger charge is 2.17. The first-order valence-corrected chi connectivity index (χ1v) is 8.81. The average molecular weight is 347 g/mol. The first-order valence-electron chi connectivity index (χ1n) is 7.76. The van der Waals surface area contributed by atoms with E-state index in [-0.39, 0.29) is 11.5 Å². The number of carbonyl (C=O) groups is 1. The van der Waals surface area contributed by atoms with Crippen LogP contribution in [-0.4, -0.2) is 33.5 Å². The van der Waals surface area contributed by atoms with Crippen LogP contribution in [0.3, 0.4) is 0 Å². The number of carbonyl (C=O) groups excluding carboxylic acids is 1. The third kappa shape index (κ3) is 4.44. The molecule has 1 saturated heterocycles. The molecule has 1 unspecified atom stereocenters. The number of aromatic nitrogens is 2. The van der Waals surface area contributed by atoms with Gasteiger partial charge in [-0.25, -0.2) is 14.4 Å². The van der Waals surface area contributed by atoms with Crippen LogP contribution in [0.2, 0.25) is 0 Å². The number of ether oxygens (including phenoxy) is 1. The first kappa shape index (κ1) is 16.7. The highest BCUT2D eigenvalue weighted by molar-refractivity contribution is 8.00. The zero-order valence-electron chi connectivity index (χ0n) is 13.3. The molecule has 3 heterocycles. The Labute approximate surface area is 144 Å². The van der Waals surface area contributed by atoms with Crippen LogP contribution >= 0.6 is 11.8 Å². The van der Waals surface area contributed by atoms with E-state index >= 15 is 0 Å². The lowest BCUT2D eigenvalue weighted by Gasteiger charge is -2.12. The Morgan fingerprint density at radius 2 is 2.33 bits per heavy atom. The Hall–Kier alpha value is -2.15. The lowest BCUT2D eigenvalue weighted by molar-refractivity contribution is 0.102. The number of anilines is 1. The molecule has 1 aliphatic rings. The van der Waals surface area contributed by atoms with Crippen molar-refractivity contribution in [3.8, 4) is 5.75 Å². The van der Waals surface area contributed by atoms with E-state index < -0.39 is 11.7 Å². The lowest BCUT2D eigenvalue weighted by Crippen LogP contribution is -2.16. The summed E-state index contributed by atoms with van der Waals surface area (Å²) >= 11 is 1.92. The smallest absolute Gasteiger partial charge is 0.275 e. The predicted octanol–water partition coefficient (Wildman–Crippen LogP) is 3.45. The highest BCUT2D eigenvalue weighted by Crippen LogP contribution is 2.27. The van der Waals surface area contributed by atoms with Gasteiger partial charge in [-0.3, -0.25) is 4.79 Å². The number of hydrogen-bond donors (Lipinski definition) is 1. The van der Waals surface area contributed by atoms with Gasteiger partial charge in [0.1, 0.15) is 29.7 Å². The molecule has 5 nitrogen and oxygen atoms in total. The maximum absolute atomic E-state index is 12.9. The van der Waals surface area contributed by atoms with E-state index in [1.807, 2.05) is 24.8 Å². The fourth-order valence-corrected chi connectivity index (χ4v) is 3.60. The third-order valence-electron chi connectivity index (χ3n) is 3.59. The molecule has 2 aromatic heterocycles. The van der Waals surface area contributed by atoms with Gasteiger partial charge in [0, 0.05) is 23.1 Å². The summed E-state index contributed by atoms with van der Waals surface area (Å²) in [5, 5.41) is 3.11. The summed E-state index contributed by atoms with van der Waals surface area (Å²) in [5.74, 6) is 1.23. The number of thioether (sulfide) groups is 1. The fraction of sp³-hybridized carbons (Fsp3) is 0.353. The van der Waals surface area contributed by atoms with Crippen molar-refractivity contribution in [1.29, 1.82) is 0 Å². The van der Waals surface area contributed by atoms with Crippen LogP contribution in [0.25, 0.3) is 0 Å². The number of nitrogens with zero attached hydrogens (tertiary/aromatic N) is 2. The molecule has 1 amide bonds. The van der Waals surface area contributed by atoms with E-state index in [1.165, 1.54) is 24.3 Å². The Morgan fingerprint density at radius 1 is 1.46 bits per heavy atom. The molecule has 24 heavy (non-hydrogen) atoms. The number of halogens is 1. The van der Waals surface area contributed by atoms with Gasteiger partial charge in [0.05, 0.1) is 6.20 Å². The molecule has 0 bridgehead atoms. The number of nitrogens with one attached hydrogen (secondary N) is 1. The van der Waals surface area contributed by atoms with Crippen molar-refractivity contribution in [3.63, 3.8) is 0 Å². The molecular weight excluding hydrogens is 329 g/mol. The molecule has 0 saturated carbocycles. The van der Waals surface area contributed by atoms with Gasteiger partial charge in [0.2, 0.25) is 0 Å². The molecule has 1 aliphatic heterocycles.